The molecule has 0 radical (unpaired) electrons. The number of likely N-dealkylation sites (N-methyl/N-ethyl adjacent to an activating group) is 1. The Morgan fingerprint density at radius 2 is 2.50 bits per heavy atom. The van der Waals surface area contributed by atoms with Gasteiger partial charge in [-0.25, -0.2) is 4.79 Å². The summed E-state index contributed by atoms with van der Waals surface area (Å²) < 4.78 is 0. The number of hydrogen-bond donors (Lipinski definition) is 2. The summed E-state index contributed by atoms with van der Waals surface area (Å²) in [5.74, 6) is 1.22. The molecule has 4 nitrogen and oxygen atoms in total. The summed E-state index contributed by atoms with van der Waals surface area (Å²) in [6.45, 7) is 1.16. The highest BCUT2D eigenvalue weighted by atomic mass is 32.2. The molecule has 1 fully saturated rings. The zero-order valence-electron chi connectivity index (χ0n) is 8.53. The van der Waals surface area contributed by atoms with Crippen molar-refractivity contribution in [2.45, 2.75) is 18.1 Å². The first kappa shape index (κ1) is 11.7. The van der Waals surface area contributed by atoms with E-state index < -0.39 is 0 Å². The quantitative estimate of drug-likeness (QED) is 0.723. The molecule has 1 aliphatic rings. The van der Waals surface area contributed by atoms with Gasteiger partial charge in [-0.15, -0.1) is 0 Å². The molecule has 0 aromatic rings. The van der Waals surface area contributed by atoms with E-state index in [4.69, 9.17) is 5.11 Å². The van der Waals surface area contributed by atoms with Crippen molar-refractivity contribution < 1.29 is 9.90 Å². The first-order valence-corrected chi connectivity index (χ1v) is 6.00. The lowest BCUT2D eigenvalue weighted by Gasteiger charge is -2.18. The van der Waals surface area contributed by atoms with Gasteiger partial charge in [-0.05, 0) is 18.6 Å². The number of carbonyl (C=O) groups excluding carboxylic acids is 1. The molecule has 1 atom stereocenters. The van der Waals surface area contributed by atoms with Crippen LogP contribution in [0.3, 0.4) is 0 Å². The van der Waals surface area contributed by atoms with E-state index in [1.54, 1.807) is 7.05 Å². The molecule has 1 aliphatic heterocycles. The van der Waals surface area contributed by atoms with Crippen LogP contribution in [0.15, 0.2) is 0 Å². The summed E-state index contributed by atoms with van der Waals surface area (Å²) in [5, 5.41) is 12.1. The second-order valence-corrected chi connectivity index (χ2v) is 4.87. The summed E-state index contributed by atoms with van der Waals surface area (Å²) >= 11 is 1.93. The van der Waals surface area contributed by atoms with Gasteiger partial charge in [0.25, 0.3) is 0 Å². The fourth-order valence-corrected chi connectivity index (χ4v) is 2.59. The van der Waals surface area contributed by atoms with Crippen LogP contribution in [0.25, 0.3) is 0 Å². The molecule has 1 rings (SSSR count). The molecule has 2 amide bonds. The van der Waals surface area contributed by atoms with Crippen LogP contribution in [0, 0.1) is 0 Å². The first-order valence-electron chi connectivity index (χ1n) is 4.95. The topological polar surface area (TPSA) is 52.6 Å². The van der Waals surface area contributed by atoms with Gasteiger partial charge >= 0.3 is 6.03 Å². The number of urea groups is 1. The third-order valence-electron chi connectivity index (χ3n) is 2.29. The SMILES string of the molecule is CN(CCO)C(=O)NCC1CCCS1. The highest BCUT2D eigenvalue weighted by Crippen LogP contribution is 2.25. The lowest BCUT2D eigenvalue weighted by Crippen LogP contribution is -2.41. The molecule has 0 spiro atoms. The molecular weight excluding hydrogens is 200 g/mol. The predicted molar refractivity (Wildman–Crippen MR) is 58.6 cm³/mol. The molecule has 0 bridgehead atoms. The second kappa shape index (κ2) is 6.14. The minimum Gasteiger partial charge on any atom is -0.395 e. The van der Waals surface area contributed by atoms with Crippen molar-refractivity contribution in [2.24, 2.45) is 0 Å². The maximum Gasteiger partial charge on any atom is 0.317 e. The number of nitrogens with zero attached hydrogens (tertiary/aromatic N) is 1. The fraction of sp³-hybridized carbons (Fsp3) is 0.889. The second-order valence-electron chi connectivity index (χ2n) is 3.47. The summed E-state index contributed by atoms with van der Waals surface area (Å²) in [6, 6.07) is -0.0912. The molecule has 1 saturated heterocycles. The Morgan fingerprint density at radius 3 is 3.07 bits per heavy atom. The van der Waals surface area contributed by atoms with E-state index in [0.29, 0.717) is 11.8 Å². The van der Waals surface area contributed by atoms with Crippen molar-refractivity contribution in [1.29, 1.82) is 0 Å². The number of carbonyl (C=O) groups is 1. The van der Waals surface area contributed by atoms with Crippen molar-refractivity contribution in [3.63, 3.8) is 0 Å². The molecule has 82 valence electrons. The van der Waals surface area contributed by atoms with E-state index in [0.717, 1.165) is 6.54 Å². The van der Waals surface area contributed by atoms with Gasteiger partial charge in [0.05, 0.1) is 6.61 Å². The largest absolute Gasteiger partial charge is 0.395 e. The smallest absolute Gasteiger partial charge is 0.317 e. The lowest BCUT2D eigenvalue weighted by atomic mass is 10.2. The third-order valence-corrected chi connectivity index (χ3v) is 3.69. The van der Waals surface area contributed by atoms with Crippen LogP contribution in [0.5, 0.6) is 0 Å². The minimum absolute atomic E-state index is 0.0160. The molecule has 1 unspecified atom stereocenters. The van der Waals surface area contributed by atoms with E-state index in [1.165, 1.54) is 23.5 Å². The number of aliphatic hydroxyl groups is 1. The average molecular weight is 218 g/mol. The fourth-order valence-electron chi connectivity index (χ4n) is 1.39. The van der Waals surface area contributed by atoms with E-state index in [-0.39, 0.29) is 12.6 Å². The first-order chi connectivity index (χ1) is 6.74. The summed E-state index contributed by atoms with van der Waals surface area (Å²) in [4.78, 5) is 12.9. The highest BCUT2D eigenvalue weighted by Gasteiger charge is 2.16. The van der Waals surface area contributed by atoms with Gasteiger partial charge in [0, 0.05) is 25.4 Å². The van der Waals surface area contributed by atoms with Crippen LogP contribution in [-0.2, 0) is 0 Å². The standard InChI is InChI=1S/C9H18N2O2S/c1-11(4-5-12)9(13)10-7-8-3-2-6-14-8/h8,12H,2-7H2,1H3,(H,10,13). The Hall–Kier alpha value is -0.420. The average Bonchev–Trinajstić information content (AvgIpc) is 2.67. The van der Waals surface area contributed by atoms with E-state index in [1.807, 2.05) is 11.8 Å². The van der Waals surface area contributed by atoms with Gasteiger partial charge in [0.15, 0.2) is 0 Å². The zero-order valence-corrected chi connectivity index (χ0v) is 9.35. The van der Waals surface area contributed by atoms with Gasteiger partial charge in [0.1, 0.15) is 0 Å². The molecule has 5 heteroatoms. The van der Waals surface area contributed by atoms with Crippen molar-refractivity contribution in [2.75, 3.05) is 32.5 Å². The molecule has 14 heavy (non-hydrogen) atoms. The molecule has 2 N–H and O–H groups in total. The zero-order chi connectivity index (χ0) is 10.4. The summed E-state index contributed by atoms with van der Waals surface area (Å²) in [7, 11) is 1.69. The number of nitrogens with one attached hydrogen (secondary N) is 1. The molecule has 0 aliphatic carbocycles. The normalized spacial score (nSPS) is 20.9. The van der Waals surface area contributed by atoms with Crippen LogP contribution >= 0.6 is 11.8 Å². The van der Waals surface area contributed by atoms with Crippen molar-refractivity contribution in [3.8, 4) is 0 Å². The van der Waals surface area contributed by atoms with Crippen LogP contribution in [0.1, 0.15) is 12.8 Å². The van der Waals surface area contributed by atoms with E-state index >= 15 is 0 Å². The Balaban J connectivity index is 2.13. The number of rotatable bonds is 4. The van der Waals surface area contributed by atoms with Crippen LogP contribution in [0.4, 0.5) is 4.79 Å². The molecule has 0 saturated carbocycles. The van der Waals surface area contributed by atoms with Crippen molar-refractivity contribution in [1.82, 2.24) is 10.2 Å². The number of thioether (sulfide) groups is 1. The lowest BCUT2D eigenvalue weighted by molar-refractivity contribution is 0.190. The van der Waals surface area contributed by atoms with Gasteiger partial charge in [-0.2, -0.15) is 11.8 Å². The highest BCUT2D eigenvalue weighted by molar-refractivity contribution is 8.00. The number of hydrogen-bond acceptors (Lipinski definition) is 3. The van der Waals surface area contributed by atoms with Crippen LogP contribution < -0.4 is 5.32 Å². The Morgan fingerprint density at radius 1 is 1.71 bits per heavy atom. The predicted octanol–water partition coefficient (Wildman–Crippen LogP) is 0.516. The molecule has 1 heterocycles. The maximum atomic E-state index is 11.4. The van der Waals surface area contributed by atoms with E-state index in [2.05, 4.69) is 5.32 Å². The maximum absolute atomic E-state index is 11.4. The molecule has 0 aromatic heterocycles. The van der Waals surface area contributed by atoms with Crippen molar-refractivity contribution in [3.05, 3.63) is 0 Å². The van der Waals surface area contributed by atoms with Gasteiger partial charge in [-0.1, -0.05) is 0 Å². The van der Waals surface area contributed by atoms with Crippen LogP contribution in [-0.4, -0.2) is 53.8 Å². The summed E-state index contributed by atoms with van der Waals surface area (Å²) in [6.07, 6.45) is 2.46. The Bertz CT molecular complexity index is 184. The Kier molecular flexibility index (Phi) is 5.11. The number of aliphatic hydroxyl groups excluding tert-OH is 1. The van der Waals surface area contributed by atoms with E-state index in [9.17, 15) is 4.79 Å². The van der Waals surface area contributed by atoms with Gasteiger partial charge in [-0.3, -0.25) is 0 Å². The van der Waals surface area contributed by atoms with Gasteiger partial charge < -0.3 is 15.3 Å². The summed E-state index contributed by atoms with van der Waals surface area (Å²) in [5.41, 5.74) is 0. The monoisotopic (exact) mass is 218 g/mol. The Labute approximate surface area is 89.0 Å². The van der Waals surface area contributed by atoms with Gasteiger partial charge in [0.2, 0.25) is 0 Å². The number of amides is 2. The van der Waals surface area contributed by atoms with Crippen molar-refractivity contribution >= 4 is 17.8 Å². The molecule has 0 aromatic carbocycles. The third kappa shape index (κ3) is 3.75. The molecular formula is C9H18N2O2S. The van der Waals surface area contributed by atoms with Crippen LogP contribution in [0.2, 0.25) is 0 Å². The minimum atomic E-state index is -0.0912.